The molecule has 6 heteroatoms. The summed E-state index contributed by atoms with van der Waals surface area (Å²) in [5.74, 6) is 2.73. The minimum Gasteiger partial charge on any atom is -0.353 e. The Morgan fingerprint density at radius 1 is 1.00 bits per heavy atom. The van der Waals surface area contributed by atoms with Gasteiger partial charge in [0.05, 0.1) is 24.1 Å². The van der Waals surface area contributed by atoms with Crippen LogP contribution in [0.2, 0.25) is 0 Å². The second-order valence-electron chi connectivity index (χ2n) is 6.13. The molecule has 0 aliphatic carbocycles. The molecule has 2 aliphatic rings. The molecule has 0 saturated carbocycles. The first-order valence-corrected chi connectivity index (χ1v) is 7.87. The summed E-state index contributed by atoms with van der Waals surface area (Å²) in [4.78, 5) is 22.4. The van der Waals surface area contributed by atoms with Gasteiger partial charge in [0.25, 0.3) is 0 Å². The SMILES string of the molecule is Cc1cncc(N2CCC3CCN(c4cnccn4)CC32)n1. The molecule has 0 aromatic carbocycles. The van der Waals surface area contributed by atoms with Gasteiger partial charge in [-0.3, -0.25) is 9.97 Å². The van der Waals surface area contributed by atoms with Crippen LogP contribution in [0.5, 0.6) is 0 Å². The third kappa shape index (κ3) is 2.38. The predicted octanol–water partition coefficient (Wildman–Crippen LogP) is 1.68. The summed E-state index contributed by atoms with van der Waals surface area (Å²) in [6, 6.07) is 0.492. The second-order valence-corrected chi connectivity index (χ2v) is 6.13. The molecule has 4 heterocycles. The van der Waals surface area contributed by atoms with Crippen molar-refractivity contribution in [2.45, 2.75) is 25.8 Å². The molecule has 22 heavy (non-hydrogen) atoms. The average Bonchev–Trinajstić information content (AvgIpc) is 2.99. The first kappa shape index (κ1) is 13.4. The topological polar surface area (TPSA) is 58.0 Å². The lowest BCUT2D eigenvalue weighted by atomic mass is 9.92. The molecule has 4 rings (SSSR count). The maximum Gasteiger partial charge on any atom is 0.147 e. The molecule has 0 bridgehead atoms. The smallest absolute Gasteiger partial charge is 0.147 e. The van der Waals surface area contributed by atoms with Gasteiger partial charge in [-0.25, -0.2) is 9.97 Å². The van der Waals surface area contributed by atoms with Gasteiger partial charge in [0, 0.05) is 38.2 Å². The van der Waals surface area contributed by atoms with Crippen LogP contribution in [0.1, 0.15) is 18.5 Å². The molecule has 6 nitrogen and oxygen atoms in total. The fraction of sp³-hybridized carbons (Fsp3) is 0.500. The molecular weight excluding hydrogens is 276 g/mol. The molecule has 0 N–H and O–H groups in total. The molecule has 0 radical (unpaired) electrons. The van der Waals surface area contributed by atoms with E-state index in [1.54, 1.807) is 12.4 Å². The number of hydrogen-bond acceptors (Lipinski definition) is 6. The molecule has 2 atom stereocenters. The van der Waals surface area contributed by atoms with E-state index in [0.717, 1.165) is 42.9 Å². The van der Waals surface area contributed by atoms with E-state index in [4.69, 9.17) is 0 Å². The van der Waals surface area contributed by atoms with Crippen molar-refractivity contribution in [1.82, 2.24) is 19.9 Å². The zero-order chi connectivity index (χ0) is 14.9. The Morgan fingerprint density at radius 2 is 1.86 bits per heavy atom. The van der Waals surface area contributed by atoms with Gasteiger partial charge in [-0.2, -0.15) is 0 Å². The largest absolute Gasteiger partial charge is 0.353 e. The van der Waals surface area contributed by atoms with Gasteiger partial charge in [0.15, 0.2) is 0 Å². The standard InChI is InChI=1S/C16H20N6/c1-12-8-18-10-16(20-12)22-7-3-13-2-6-21(11-14(13)22)15-9-17-4-5-19-15/h4-5,8-10,13-14H,2-3,6-7,11H2,1H3. The lowest BCUT2D eigenvalue weighted by Crippen LogP contribution is -2.48. The Morgan fingerprint density at radius 3 is 2.68 bits per heavy atom. The van der Waals surface area contributed by atoms with Crippen molar-refractivity contribution >= 4 is 11.6 Å². The van der Waals surface area contributed by atoms with Crippen molar-refractivity contribution in [2.75, 3.05) is 29.4 Å². The Balaban J connectivity index is 1.57. The maximum atomic E-state index is 4.66. The van der Waals surface area contributed by atoms with Crippen molar-refractivity contribution in [2.24, 2.45) is 5.92 Å². The van der Waals surface area contributed by atoms with E-state index in [1.807, 2.05) is 25.5 Å². The van der Waals surface area contributed by atoms with E-state index in [-0.39, 0.29) is 0 Å². The summed E-state index contributed by atoms with van der Waals surface area (Å²) in [5.41, 5.74) is 0.975. The minimum atomic E-state index is 0.492. The highest BCUT2D eigenvalue weighted by Crippen LogP contribution is 2.35. The highest BCUT2D eigenvalue weighted by Gasteiger charge is 2.39. The van der Waals surface area contributed by atoms with Crippen molar-refractivity contribution in [3.63, 3.8) is 0 Å². The van der Waals surface area contributed by atoms with Gasteiger partial charge in [-0.1, -0.05) is 0 Å². The quantitative estimate of drug-likeness (QED) is 0.840. The summed E-state index contributed by atoms with van der Waals surface area (Å²) >= 11 is 0. The van der Waals surface area contributed by atoms with Gasteiger partial charge in [-0.05, 0) is 25.7 Å². The number of nitrogens with zero attached hydrogens (tertiary/aromatic N) is 6. The lowest BCUT2D eigenvalue weighted by molar-refractivity contribution is 0.388. The van der Waals surface area contributed by atoms with Gasteiger partial charge < -0.3 is 9.80 Å². The first-order chi connectivity index (χ1) is 10.8. The maximum absolute atomic E-state index is 4.66. The van der Waals surface area contributed by atoms with Crippen LogP contribution in [-0.4, -0.2) is 45.6 Å². The lowest BCUT2D eigenvalue weighted by Gasteiger charge is -2.39. The van der Waals surface area contributed by atoms with Crippen LogP contribution in [0.25, 0.3) is 0 Å². The third-order valence-corrected chi connectivity index (χ3v) is 4.77. The van der Waals surface area contributed by atoms with Crippen molar-refractivity contribution in [1.29, 1.82) is 0 Å². The number of anilines is 2. The monoisotopic (exact) mass is 296 g/mol. The Labute approximate surface area is 130 Å². The number of piperidine rings is 1. The predicted molar refractivity (Wildman–Crippen MR) is 84.9 cm³/mol. The number of fused-ring (bicyclic) bond motifs is 1. The van der Waals surface area contributed by atoms with E-state index in [1.165, 1.54) is 12.8 Å². The van der Waals surface area contributed by atoms with Gasteiger partial charge in [0.2, 0.25) is 0 Å². The van der Waals surface area contributed by atoms with Gasteiger partial charge in [0.1, 0.15) is 11.6 Å². The fourth-order valence-electron chi connectivity index (χ4n) is 3.68. The molecule has 0 spiro atoms. The highest BCUT2D eigenvalue weighted by molar-refractivity contribution is 5.44. The number of aryl methyl sites for hydroxylation is 1. The minimum absolute atomic E-state index is 0.492. The molecule has 2 aromatic rings. The highest BCUT2D eigenvalue weighted by atomic mass is 15.3. The molecule has 2 aliphatic heterocycles. The van der Waals surface area contributed by atoms with E-state index >= 15 is 0 Å². The fourth-order valence-corrected chi connectivity index (χ4v) is 3.68. The third-order valence-electron chi connectivity index (χ3n) is 4.77. The van der Waals surface area contributed by atoms with Gasteiger partial charge >= 0.3 is 0 Å². The van der Waals surface area contributed by atoms with Crippen molar-refractivity contribution < 1.29 is 0 Å². The van der Waals surface area contributed by atoms with E-state index in [2.05, 4.69) is 29.7 Å². The van der Waals surface area contributed by atoms with Crippen LogP contribution in [0.4, 0.5) is 11.6 Å². The van der Waals surface area contributed by atoms with Gasteiger partial charge in [-0.15, -0.1) is 0 Å². The van der Waals surface area contributed by atoms with Crippen molar-refractivity contribution in [3.05, 3.63) is 36.7 Å². The van der Waals surface area contributed by atoms with Crippen LogP contribution in [0, 0.1) is 12.8 Å². The zero-order valence-electron chi connectivity index (χ0n) is 12.8. The molecule has 2 unspecified atom stereocenters. The van der Waals surface area contributed by atoms with Crippen LogP contribution in [0.15, 0.2) is 31.0 Å². The number of aromatic nitrogens is 4. The Hall–Kier alpha value is -2.24. The summed E-state index contributed by atoms with van der Waals surface area (Å²) in [7, 11) is 0. The number of rotatable bonds is 2. The van der Waals surface area contributed by atoms with Crippen LogP contribution >= 0.6 is 0 Å². The molecule has 2 aromatic heterocycles. The van der Waals surface area contributed by atoms with E-state index in [9.17, 15) is 0 Å². The molecule has 114 valence electrons. The summed E-state index contributed by atoms with van der Waals surface area (Å²) in [6.07, 6.45) is 11.5. The molecule has 2 fully saturated rings. The molecule has 2 saturated heterocycles. The van der Waals surface area contributed by atoms with E-state index in [0.29, 0.717) is 6.04 Å². The van der Waals surface area contributed by atoms with E-state index < -0.39 is 0 Å². The van der Waals surface area contributed by atoms with Crippen LogP contribution < -0.4 is 9.80 Å². The summed E-state index contributed by atoms with van der Waals surface area (Å²) in [6.45, 7) is 5.12. The van der Waals surface area contributed by atoms with Crippen molar-refractivity contribution in [3.8, 4) is 0 Å². The molecule has 0 amide bonds. The Bertz CT molecular complexity index is 646. The Kier molecular flexibility index (Phi) is 3.36. The summed E-state index contributed by atoms with van der Waals surface area (Å²) < 4.78 is 0. The van der Waals surface area contributed by atoms with Crippen LogP contribution in [0.3, 0.4) is 0 Å². The number of hydrogen-bond donors (Lipinski definition) is 0. The average molecular weight is 296 g/mol. The first-order valence-electron chi connectivity index (χ1n) is 7.87. The van der Waals surface area contributed by atoms with Crippen LogP contribution in [-0.2, 0) is 0 Å². The normalized spacial score (nSPS) is 24.4. The molecular formula is C16H20N6. The zero-order valence-corrected chi connectivity index (χ0v) is 12.8. The second kappa shape index (κ2) is 5.51. The summed E-state index contributed by atoms with van der Waals surface area (Å²) in [5, 5.41) is 0.